The van der Waals surface area contributed by atoms with Crippen LogP contribution in [0.4, 0.5) is 0 Å². The molecule has 4 rings (SSSR count). The van der Waals surface area contributed by atoms with Gasteiger partial charge in [-0.25, -0.2) is 0 Å². The van der Waals surface area contributed by atoms with Crippen molar-refractivity contribution >= 4 is 23.2 Å². The first kappa shape index (κ1) is 24.2. The molecule has 2 heterocycles. The number of amides is 2. The van der Waals surface area contributed by atoms with Crippen LogP contribution in [-0.2, 0) is 11.2 Å². The zero-order valence-electron chi connectivity index (χ0n) is 20.6. The Labute approximate surface area is 207 Å². The van der Waals surface area contributed by atoms with Crippen molar-refractivity contribution in [1.29, 1.82) is 0 Å². The first-order chi connectivity index (χ1) is 16.3. The van der Waals surface area contributed by atoms with Crippen molar-refractivity contribution in [2.24, 2.45) is 5.92 Å². The summed E-state index contributed by atoms with van der Waals surface area (Å²) >= 11 is 1.77. The van der Waals surface area contributed by atoms with E-state index in [0.717, 1.165) is 24.0 Å². The van der Waals surface area contributed by atoms with Gasteiger partial charge in [0.15, 0.2) is 0 Å². The third-order valence-corrected chi connectivity index (χ3v) is 7.65. The molecule has 1 aliphatic heterocycles. The van der Waals surface area contributed by atoms with Crippen LogP contribution in [0.5, 0.6) is 0 Å². The minimum absolute atomic E-state index is 0.00863. The minimum Gasteiger partial charge on any atom is -0.330 e. The molecule has 2 amide bonds. The van der Waals surface area contributed by atoms with Crippen molar-refractivity contribution in [3.8, 4) is 0 Å². The summed E-state index contributed by atoms with van der Waals surface area (Å²) in [5.74, 6) is 0.385. The van der Waals surface area contributed by atoms with Gasteiger partial charge in [0.1, 0.15) is 6.54 Å². The summed E-state index contributed by atoms with van der Waals surface area (Å²) in [6.45, 7) is 9.75. The first-order valence-electron chi connectivity index (χ1n) is 12.1. The number of benzene rings is 2. The summed E-state index contributed by atoms with van der Waals surface area (Å²) < 4.78 is 0. The van der Waals surface area contributed by atoms with Gasteiger partial charge >= 0.3 is 0 Å². The van der Waals surface area contributed by atoms with Crippen molar-refractivity contribution < 1.29 is 9.59 Å². The average molecular weight is 475 g/mol. The summed E-state index contributed by atoms with van der Waals surface area (Å²) in [5.41, 5.74) is 5.31. The maximum absolute atomic E-state index is 13.8. The topological polar surface area (TPSA) is 40.6 Å². The van der Waals surface area contributed by atoms with E-state index in [1.165, 1.54) is 16.0 Å². The van der Waals surface area contributed by atoms with E-state index >= 15 is 0 Å². The van der Waals surface area contributed by atoms with E-state index < -0.39 is 0 Å². The highest BCUT2D eigenvalue weighted by atomic mass is 32.1. The fourth-order valence-corrected chi connectivity index (χ4v) is 5.52. The van der Waals surface area contributed by atoms with Crippen LogP contribution < -0.4 is 0 Å². The molecule has 3 aromatic rings. The van der Waals surface area contributed by atoms with Gasteiger partial charge in [-0.2, -0.15) is 0 Å². The number of hydrogen-bond donors (Lipinski definition) is 0. The molecule has 178 valence electrons. The number of carbonyl (C=O) groups is 2. The van der Waals surface area contributed by atoms with Gasteiger partial charge in [-0.3, -0.25) is 9.59 Å². The molecule has 0 fully saturated rings. The van der Waals surface area contributed by atoms with Crippen molar-refractivity contribution in [2.45, 2.75) is 46.6 Å². The fraction of sp³-hybridized carbons (Fsp3) is 0.379. The summed E-state index contributed by atoms with van der Waals surface area (Å²) in [7, 11) is 0. The summed E-state index contributed by atoms with van der Waals surface area (Å²) in [6.07, 6.45) is 1.72. The number of rotatable bonds is 7. The lowest BCUT2D eigenvalue weighted by Gasteiger charge is -2.38. The predicted octanol–water partition coefficient (Wildman–Crippen LogP) is 6.03. The standard InChI is InChI=1S/C29H34N2O2S/c1-20(2)13-16-30(29(33)23-11-9-21(3)10-12-23)19-27(32)31-17-14-26-25(15-18-34-26)28(31)24-8-6-5-7-22(24)4/h5-12,15,18,20,28H,13-14,16-17,19H2,1-4H3. The molecule has 0 saturated heterocycles. The van der Waals surface area contributed by atoms with Gasteiger partial charge in [-0.05, 0) is 72.9 Å². The molecule has 0 bridgehead atoms. The molecule has 1 aromatic heterocycles. The van der Waals surface area contributed by atoms with Gasteiger partial charge in [0.2, 0.25) is 5.91 Å². The Morgan fingerprint density at radius 2 is 1.76 bits per heavy atom. The smallest absolute Gasteiger partial charge is 0.254 e. The lowest BCUT2D eigenvalue weighted by Crippen LogP contribution is -2.47. The maximum atomic E-state index is 13.8. The molecule has 0 N–H and O–H groups in total. The van der Waals surface area contributed by atoms with Crippen LogP contribution in [-0.4, -0.2) is 41.2 Å². The zero-order chi connectivity index (χ0) is 24.2. The van der Waals surface area contributed by atoms with Gasteiger partial charge < -0.3 is 9.80 Å². The molecule has 4 nitrogen and oxygen atoms in total. The second kappa shape index (κ2) is 10.6. The second-order valence-electron chi connectivity index (χ2n) is 9.67. The van der Waals surface area contributed by atoms with Crippen molar-refractivity contribution in [2.75, 3.05) is 19.6 Å². The van der Waals surface area contributed by atoms with Crippen LogP contribution in [0, 0.1) is 19.8 Å². The highest BCUT2D eigenvalue weighted by Crippen LogP contribution is 2.39. The van der Waals surface area contributed by atoms with Crippen molar-refractivity contribution in [1.82, 2.24) is 9.80 Å². The first-order valence-corrected chi connectivity index (χ1v) is 13.0. The molecular weight excluding hydrogens is 440 g/mol. The van der Waals surface area contributed by atoms with Gasteiger partial charge in [0.25, 0.3) is 5.91 Å². The largest absolute Gasteiger partial charge is 0.330 e. The average Bonchev–Trinajstić information content (AvgIpc) is 3.30. The Morgan fingerprint density at radius 3 is 2.47 bits per heavy atom. The predicted molar refractivity (Wildman–Crippen MR) is 139 cm³/mol. The van der Waals surface area contributed by atoms with E-state index in [9.17, 15) is 9.59 Å². The van der Waals surface area contributed by atoms with Crippen LogP contribution in [0.15, 0.2) is 60.0 Å². The number of nitrogens with zero attached hydrogens (tertiary/aromatic N) is 2. The van der Waals surface area contributed by atoms with Crippen LogP contribution in [0.3, 0.4) is 0 Å². The minimum atomic E-state index is -0.106. The molecule has 2 aromatic carbocycles. The molecule has 0 radical (unpaired) electrons. The molecular formula is C29H34N2O2S. The normalized spacial score (nSPS) is 15.3. The van der Waals surface area contributed by atoms with Gasteiger partial charge in [0.05, 0.1) is 6.04 Å². The number of carbonyl (C=O) groups excluding carboxylic acids is 2. The van der Waals surface area contributed by atoms with Crippen LogP contribution in [0.1, 0.15) is 63.8 Å². The van der Waals surface area contributed by atoms with Gasteiger partial charge in [0, 0.05) is 23.5 Å². The highest BCUT2D eigenvalue weighted by Gasteiger charge is 2.34. The Balaban J connectivity index is 1.62. The van der Waals surface area contributed by atoms with Gasteiger partial charge in [-0.15, -0.1) is 11.3 Å². The third kappa shape index (κ3) is 5.25. The van der Waals surface area contributed by atoms with E-state index in [0.29, 0.717) is 24.6 Å². The number of thiophene rings is 1. The second-order valence-corrected chi connectivity index (χ2v) is 10.7. The van der Waals surface area contributed by atoms with E-state index in [2.05, 4.69) is 44.4 Å². The Bertz CT molecular complexity index is 1150. The lowest BCUT2D eigenvalue weighted by molar-refractivity contribution is -0.134. The van der Waals surface area contributed by atoms with Crippen LogP contribution >= 0.6 is 11.3 Å². The molecule has 1 atom stereocenters. The molecule has 0 spiro atoms. The lowest BCUT2D eigenvalue weighted by atomic mass is 9.90. The van der Waals surface area contributed by atoms with Gasteiger partial charge in [-0.1, -0.05) is 55.8 Å². The summed E-state index contributed by atoms with van der Waals surface area (Å²) in [6, 6.07) is 18.0. The van der Waals surface area contributed by atoms with Crippen molar-refractivity contribution in [3.05, 3.63) is 92.7 Å². The number of fused-ring (bicyclic) bond motifs is 1. The van der Waals surface area contributed by atoms with E-state index in [1.54, 1.807) is 16.2 Å². The zero-order valence-corrected chi connectivity index (χ0v) is 21.4. The third-order valence-electron chi connectivity index (χ3n) is 6.66. The molecule has 1 aliphatic rings. The Kier molecular flexibility index (Phi) is 7.52. The van der Waals surface area contributed by atoms with E-state index in [4.69, 9.17) is 0 Å². The van der Waals surface area contributed by atoms with E-state index in [1.807, 2.05) is 48.2 Å². The Morgan fingerprint density at radius 1 is 1.03 bits per heavy atom. The summed E-state index contributed by atoms with van der Waals surface area (Å²) in [4.78, 5) is 32.3. The maximum Gasteiger partial charge on any atom is 0.254 e. The van der Waals surface area contributed by atoms with E-state index in [-0.39, 0.29) is 24.4 Å². The molecule has 0 saturated carbocycles. The SMILES string of the molecule is Cc1ccc(C(=O)N(CCC(C)C)CC(=O)N2CCc3sccc3C2c2ccccc2C)cc1. The molecule has 1 unspecified atom stereocenters. The number of hydrogen-bond acceptors (Lipinski definition) is 3. The van der Waals surface area contributed by atoms with Crippen LogP contribution in [0.2, 0.25) is 0 Å². The molecule has 5 heteroatoms. The molecule has 34 heavy (non-hydrogen) atoms. The molecule has 0 aliphatic carbocycles. The highest BCUT2D eigenvalue weighted by molar-refractivity contribution is 7.10. The quantitative estimate of drug-likeness (QED) is 0.420. The monoisotopic (exact) mass is 474 g/mol. The van der Waals surface area contributed by atoms with Crippen LogP contribution in [0.25, 0.3) is 0 Å². The Hall–Kier alpha value is -2.92. The summed E-state index contributed by atoms with van der Waals surface area (Å²) in [5, 5.41) is 2.12. The fourth-order valence-electron chi connectivity index (χ4n) is 4.61. The number of aryl methyl sites for hydroxylation is 2. The van der Waals surface area contributed by atoms with Crippen molar-refractivity contribution in [3.63, 3.8) is 0 Å².